The van der Waals surface area contributed by atoms with Crippen molar-refractivity contribution in [2.75, 3.05) is 46.4 Å². The third-order valence-electron chi connectivity index (χ3n) is 3.46. The number of carbonyl (C=O) groups is 1. The van der Waals surface area contributed by atoms with Crippen LogP contribution in [0.5, 0.6) is 0 Å². The third kappa shape index (κ3) is 4.55. The first-order chi connectivity index (χ1) is 8.47. The molecule has 0 aromatic carbocycles. The molecule has 2 N–H and O–H groups in total. The Balaban J connectivity index is 2.34. The predicted octanol–water partition coefficient (Wildman–Crippen LogP) is 0.295. The molecule has 5 nitrogen and oxygen atoms in total. The van der Waals surface area contributed by atoms with Crippen LogP contribution >= 0.6 is 0 Å². The summed E-state index contributed by atoms with van der Waals surface area (Å²) >= 11 is 0. The van der Waals surface area contributed by atoms with Crippen molar-refractivity contribution in [1.82, 2.24) is 9.80 Å². The van der Waals surface area contributed by atoms with E-state index in [1.54, 1.807) is 4.90 Å². The number of ether oxygens (including phenoxy) is 1. The summed E-state index contributed by atoms with van der Waals surface area (Å²) in [5, 5.41) is 0. The molecule has 0 saturated carbocycles. The zero-order chi connectivity index (χ0) is 13.6. The Hall–Kier alpha value is -0.650. The van der Waals surface area contributed by atoms with Crippen molar-refractivity contribution in [3.8, 4) is 0 Å². The Morgan fingerprint density at radius 3 is 2.61 bits per heavy atom. The molecule has 18 heavy (non-hydrogen) atoms. The van der Waals surface area contributed by atoms with Gasteiger partial charge in [-0.05, 0) is 13.3 Å². The summed E-state index contributed by atoms with van der Waals surface area (Å²) in [5.41, 5.74) is 5.33. The fourth-order valence-electron chi connectivity index (χ4n) is 2.28. The molecular formula is C13H27N3O2. The smallest absolute Gasteiger partial charge is 0.242 e. The number of carbonyl (C=O) groups excluding carboxylic acids is 1. The summed E-state index contributed by atoms with van der Waals surface area (Å²) in [6.07, 6.45) is 1.66. The highest BCUT2D eigenvalue weighted by Crippen LogP contribution is 2.11. The number of amides is 1. The summed E-state index contributed by atoms with van der Waals surface area (Å²) in [4.78, 5) is 16.3. The molecule has 106 valence electrons. The lowest BCUT2D eigenvalue weighted by molar-refractivity contribution is -0.135. The van der Waals surface area contributed by atoms with Crippen LogP contribution in [0.2, 0.25) is 0 Å². The van der Waals surface area contributed by atoms with Crippen LogP contribution in [0.25, 0.3) is 0 Å². The minimum Gasteiger partial charge on any atom is -0.379 e. The van der Waals surface area contributed by atoms with E-state index in [1.807, 2.05) is 20.9 Å². The van der Waals surface area contributed by atoms with Crippen molar-refractivity contribution in [2.45, 2.75) is 32.2 Å². The van der Waals surface area contributed by atoms with Crippen LogP contribution in [0.4, 0.5) is 0 Å². The predicted molar refractivity (Wildman–Crippen MR) is 72.4 cm³/mol. The molecule has 1 aliphatic rings. The molecule has 0 aromatic heterocycles. The number of hydrogen-bond acceptors (Lipinski definition) is 4. The molecule has 5 heteroatoms. The SMILES string of the molecule is CCCC(C)(N)C(=O)N(C)CCN1CCOCC1. The molecule has 1 fully saturated rings. The molecule has 1 heterocycles. The Bertz CT molecular complexity index is 263. The molecule has 1 aliphatic heterocycles. The number of morpholine rings is 1. The molecule has 0 radical (unpaired) electrons. The van der Waals surface area contributed by atoms with Crippen molar-refractivity contribution in [3.05, 3.63) is 0 Å². The van der Waals surface area contributed by atoms with Gasteiger partial charge in [-0.25, -0.2) is 0 Å². The van der Waals surface area contributed by atoms with Crippen molar-refractivity contribution in [3.63, 3.8) is 0 Å². The van der Waals surface area contributed by atoms with Crippen LogP contribution in [0, 0.1) is 0 Å². The number of hydrogen-bond donors (Lipinski definition) is 1. The maximum Gasteiger partial charge on any atom is 0.242 e. The van der Waals surface area contributed by atoms with Gasteiger partial charge in [-0.1, -0.05) is 13.3 Å². The van der Waals surface area contributed by atoms with Crippen molar-refractivity contribution in [1.29, 1.82) is 0 Å². The maximum atomic E-state index is 12.2. The van der Waals surface area contributed by atoms with E-state index >= 15 is 0 Å². The quantitative estimate of drug-likeness (QED) is 0.743. The highest BCUT2D eigenvalue weighted by molar-refractivity contribution is 5.85. The van der Waals surface area contributed by atoms with Gasteiger partial charge >= 0.3 is 0 Å². The van der Waals surface area contributed by atoms with E-state index < -0.39 is 5.54 Å². The molecule has 1 amide bonds. The van der Waals surface area contributed by atoms with Crippen molar-refractivity contribution in [2.24, 2.45) is 5.73 Å². The lowest BCUT2D eigenvalue weighted by Gasteiger charge is -2.32. The average Bonchev–Trinajstić information content (AvgIpc) is 2.36. The van der Waals surface area contributed by atoms with Gasteiger partial charge in [0.25, 0.3) is 0 Å². The van der Waals surface area contributed by atoms with Crippen LogP contribution in [-0.2, 0) is 9.53 Å². The van der Waals surface area contributed by atoms with E-state index in [-0.39, 0.29) is 5.91 Å². The molecule has 1 unspecified atom stereocenters. The van der Waals surface area contributed by atoms with Gasteiger partial charge in [0.2, 0.25) is 5.91 Å². The first-order valence-electron chi connectivity index (χ1n) is 6.82. The van der Waals surface area contributed by atoms with E-state index in [9.17, 15) is 4.79 Å². The highest BCUT2D eigenvalue weighted by atomic mass is 16.5. The molecular weight excluding hydrogens is 230 g/mol. The minimum absolute atomic E-state index is 0.0395. The highest BCUT2D eigenvalue weighted by Gasteiger charge is 2.30. The summed E-state index contributed by atoms with van der Waals surface area (Å²) in [5.74, 6) is 0.0395. The summed E-state index contributed by atoms with van der Waals surface area (Å²) < 4.78 is 5.30. The lowest BCUT2D eigenvalue weighted by atomic mass is 9.96. The first-order valence-corrected chi connectivity index (χ1v) is 6.82. The number of rotatable bonds is 6. The summed E-state index contributed by atoms with van der Waals surface area (Å²) in [6.45, 7) is 9.00. The molecule has 1 atom stereocenters. The normalized spacial score (nSPS) is 20.4. The Morgan fingerprint density at radius 2 is 2.06 bits per heavy atom. The van der Waals surface area contributed by atoms with Crippen LogP contribution in [0.15, 0.2) is 0 Å². The second-order valence-corrected chi connectivity index (χ2v) is 5.35. The Kier molecular flexibility index (Phi) is 6.05. The minimum atomic E-state index is -0.728. The Morgan fingerprint density at radius 1 is 1.44 bits per heavy atom. The van der Waals surface area contributed by atoms with Gasteiger partial charge < -0.3 is 15.4 Å². The van der Waals surface area contributed by atoms with E-state index in [2.05, 4.69) is 4.90 Å². The van der Waals surface area contributed by atoms with Crippen molar-refractivity contribution < 1.29 is 9.53 Å². The van der Waals surface area contributed by atoms with E-state index in [4.69, 9.17) is 10.5 Å². The zero-order valence-corrected chi connectivity index (χ0v) is 11.9. The summed E-state index contributed by atoms with van der Waals surface area (Å²) in [6, 6.07) is 0. The molecule has 0 aromatic rings. The second-order valence-electron chi connectivity index (χ2n) is 5.35. The summed E-state index contributed by atoms with van der Waals surface area (Å²) in [7, 11) is 1.84. The molecule has 0 bridgehead atoms. The fourth-order valence-corrected chi connectivity index (χ4v) is 2.28. The van der Waals surface area contributed by atoms with Gasteiger partial charge in [0, 0.05) is 33.2 Å². The standard InChI is InChI=1S/C13H27N3O2/c1-4-5-13(2,14)12(17)15(3)6-7-16-8-10-18-11-9-16/h4-11,14H2,1-3H3. The molecule has 1 saturated heterocycles. The lowest BCUT2D eigenvalue weighted by Crippen LogP contribution is -2.53. The van der Waals surface area contributed by atoms with Gasteiger partial charge in [0.1, 0.15) is 0 Å². The van der Waals surface area contributed by atoms with E-state index in [1.165, 1.54) is 0 Å². The van der Waals surface area contributed by atoms with Gasteiger partial charge in [-0.15, -0.1) is 0 Å². The van der Waals surface area contributed by atoms with Crippen LogP contribution in [-0.4, -0.2) is 67.7 Å². The fraction of sp³-hybridized carbons (Fsp3) is 0.923. The molecule has 0 aliphatic carbocycles. The van der Waals surface area contributed by atoms with E-state index in [0.29, 0.717) is 0 Å². The van der Waals surface area contributed by atoms with E-state index in [0.717, 1.165) is 52.2 Å². The zero-order valence-electron chi connectivity index (χ0n) is 11.9. The van der Waals surface area contributed by atoms with Crippen LogP contribution in [0.1, 0.15) is 26.7 Å². The maximum absolute atomic E-state index is 12.2. The monoisotopic (exact) mass is 257 g/mol. The number of nitrogens with zero attached hydrogens (tertiary/aromatic N) is 2. The first kappa shape index (κ1) is 15.4. The topological polar surface area (TPSA) is 58.8 Å². The number of nitrogens with two attached hydrogens (primary N) is 1. The molecule has 1 rings (SSSR count). The second kappa shape index (κ2) is 7.07. The molecule has 0 spiro atoms. The Labute approximate surface area is 110 Å². The van der Waals surface area contributed by atoms with Gasteiger partial charge in [0.15, 0.2) is 0 Å². The van der Waals surface area contributed by atoms with Gasteiger partial charge in [-0.2, -0.15) is 0 Å². The third-order valence-corrected chi connectivity index (χ3v) is 3.46. The van der Waals surface area contributed by atoms with Gasteiger partial charge in [-0.3, -0.25) is 9.69 Å². The average molecular weight is 257 g/mol. The van der Waals surface area contributed by atoms with Crippen LogP contribution < -0.4 is 5.73 Å². The van der Waals surface area contributed by atoms with Gasteiger partial charge in [0.05, 0.1) is 18.8 Å². The van der Waals surface area contributed by atoms with Crippen LogP contribution in [0.3, 0.4) is 0 Å². The number of likely N-dealkylation sites (N-methyl/N-ethyl adjacent to an activating group) is 1. The van der Waals surface area contributed by atoms with Crippen molar-refractivity contribution >= 4 is 5.91 Å². The largest absolute Gasteiger partial charge is 0.379 e.